The van der Waals surface area contributed by atoms with E-state index in [2.05, 4.69) is 18.2 Å². The first-order valence-electron chi connectivity index (χ1n) is 10.7. The van der Waals surface area contributed by atoms with Gasteiger partial charge < -0.3 is 20.7 Å². The van der Waals surface area contributed by atoms with Crippen LogP contribution in [0, 0.1) is 0 Å². The normalized spacial score (nSPS) is 14.5. The molecule has 0 unspecified atom stereocenters. The maximum absolute atomic E-state index is 13.2. The molecule has 0 aliphatic carbocycles. The minimum Gasteiger partial charge on any atom is -0.423 e. The number of hydrogen-bond acceptors (Lipinski definition) is 4. The van der Waals surface area contributed by atoms with E-state index in [0.29, 0.717) is 42.1 Å². The number of nitrogens with two attached hydrogens (primary N) is 1. The van der Waals surface area contributed by atoms with E-state index in [4.69, 9.17) is 5.73 Å². The van der Waals surface area contributed by atoms with Gasteiger partial charge in [-0.05, 0) is 58.6 Å². The van der Waals surface area contributed by atoms with Crippen molar-refractivity contribution in [2.24, 2.45) is 5.73 Å². The van der Waals surface area contributed by atoms with Gasteiger partial charge in [0.2, 0.25) is 0 Å². The molecule has 1 saturated heterocycles. The van der Waals surface area contributed by atoms with Crippen LogP contribution in [-0.4, -0.2) is 41.1 Å². The van der Waals surface area contributed by atoms with Crippen LogP contribution < -0.4 is 11.2 Å². The first kappa shape index (κ1) is 21.3. The van der Waals surface area contributed by atoms with Crippen molar-refractivity contribution in [2.45, 2.75) is 25.3 Å². The highest BCUT2D eigenvalue weighted by Gasteiger charge is 2.25. The second-order valence-corrected chi connectivity index (χ2v) is 8.06. The maximum atomic E-state index is 13.2. The van der Waals surface area contributed by atoms with Crippen LogP contribution in [0.2, 0.25) is 0 Å². The molecule has 3 aromatic carbocycles. The zero-order valence-electron chi connectivity index (χ0n) is 17.4. The van der Waals surface area contributed by atoms with E-state index in [1.54, 1.807) is 12.1 Å². The van der Waals surface area contributed by atoms with Crippen LogP contribution >= 0.6 is 0 Å². The average Bonchev–Trinajstić information content (AvgIpc) is 2.83. The fourth-order valence-electron chi connectivity index (χ4n) is 4.38. The molecule has 1 amide bonds. The van der Waals surface area contributed by atoms with Gasteiger partial charge in [0.25, 0.3) is 5.91 Å². The summed E-state index contributed by atoms with van der Waals surface area (Å²) in [7, 11) is -1.56. The molecule has 1 aliphatic rings. The van der Waals surface area contributed by atoms with Gasteiger partial charge in [-0.3, -0.25) is 4.79 Å². The van der Waals surface area contributed by atoms with Crippen LogP contribution in [0.25, 0.3) is 11.1 Å². The zero-order chi connectivity index (χ0) is 21.8. The Morgan fingerprint density at radius 3 is 2.45 bits per heavy atom. The van der Waals surface area contributed by atoms with Gasteiger partial charge >= 0.3 is 7.12 Å². The SMILES string of the molecule is NCc1cccc(C2CCN(C(=O)c3cccc(-c4ccccc4B(O)O)c3)CC2)c1. The lowest BCUT2D eigenvalue weighted by Crippen LogP contribution is -2.38. The Labute approximate surface area is 183 Å². The van der Waals surface area contributed by atoms with E-state index < -0.39 is 7.12 Å². The first-order valence-corrected chi connectivity index (χ1v) is 10.7. The number of rotatable bonds is 5. The van der Waals surface area contributed by atoms with E-state index in [1.165, 1.54) is 5.56 Å². The fourth-order valence-corrected chi connectivity index (χ4v) is 4.38. The van der Waals surface area contributed by atoms with E-state index in [0.717, 1.165) is 24.0 Å². The number of likely N-dealkylation sites (tertiary alicyclic amines) is 1. The molecule has 1 aliphatic heterocycles. The molecule has 0 aromatic heterocycles. The van der Waals surface area contributed by atoms with Gasteiger partial charge in [-0.15, -0.1) is 0 Å². The van der Waals surface area contributed by atoms with Crippen LogP contribution in [-0.2, 0) is 6.54 Å². The van der Waals surface area contributed by atoms with Gasteiger partial charge in [-0.1, -0.05) is 60.7 Å². The molecule has 31 heavy (non-hydrogen) atoms. The van der Waals surface area contributed by atoms with Gasteiger partial charge in [-0.25, -0.2) is 0 Å². The molecule has 158 valence electrons. The summed E-state index contributed by atoms with van der Waals surface area (Å²) in [6.07, 6.45) is 1.86. The predicted octanol–water partition coefficient (Wildman–Crippen LogP) is 2.51. The summed E-state index contributed by atoms with van der Waals surface area (Å²) in [5, 5.41) is 19.3. The molecule has 1 fully saturated rings. The lowest BCUT2D eigenvalue weighted by atomic mass is 9.75. The van der Waals surface area contributed by atoms with Crippen molar-refractivity contribution in [2.75, 3.05) is 13.1 Å². The topological polar surface area (TPSA) is 86.8 Å². The quantitative estimate of drug-likeness (QED) is 0.560. The van der Waals surface area contributed by atoms with Crippen molar-refractivity contribution >= 4 is 18.5 Å². The Morgan fingerprint density at radius 2 is 1.71 bits per heavy atom. The number of piperidine rings is 1. The highest BCUT2D eigenvalue weighted by molar-refractivity contribution is 6.60. The van der Waals surface area contributed by atoms with Crippen molar-refractivity contribution in [3.63, 3.8) is 0 Å². The van der Waals surface area contributed by atoms with Crippen LogP contribution in [0.4, 0.5) is 0 Å². The van der Waals surface area contributed by atoms with Crippen LogP contribution in [0.15, 0.2) is 72.8 Å². The molecule has 4 rings (SSSR count). The molecular weight excluding hydrogens is 387 g/mol. The molecule has 4 N–H and O–H groups in total. The van der Waals surface area contributed by atoms with E-state index in [9.17, 15) is 14.8 Å². The molecule has 5 nitrogen and oxygen atoms in total. The van der Waals surface area contributed by atoms with Gasteiger partial charge in [0.05, 0.1) is 0 Å². The summed E-state index contributed by atoms with van der Waals surface area (Å²) in [6, 6.07) is 22.9. The molecule has 0 bridgehead atoms. The van der Waals surface area contributed by atoms with Gasteiger partial charge in [0.1, 0.15) is 0 Å². The second-order valence-electron chi connectivity index (χ2n) is 8.06. The van der Waals surface area contributed by atoms with E-state index >= 15 is 0 Å². The van der Waals surface area contributed by atoms with Crippen molar-refractivity contribution < 1.29 is 14.8 Å². The molecule has 0 atom stereocenters. The molecule has 0 spiro atoms. The monoisotopic (exact) mass is 414 g/mol. The smallest absolute Gasteiger partial charge is 0.423 e. The third-order valence-corrected chi connectivity index (χ3v) is 6.10. The Balaban J connectivity index is 1.48. The van der Waals surface area contributed by atoms with Gasteiger partial charge in [-0.2, -0.15) is 0 Å². The first-order chi connectivity index (χ1) is 15.1. The number of carbonyl (C=O) groups is 1. The predicted molar refractivity (Wildman–Crippen MR) is 124 cm³/mol. The number of amides is 1. The maximum Gasteiger partial charge on any atom is 0.489 e. The molecule has 1 heterocycles. The Bertz CT molecular complexity index is 1060. The van der Waals surface area contributed by atoms with Gasteiger partial charge in [0.15, 0.2) is 0 Å². The standard InChI is InChI=1S/C25H27BN2O3/c27-17-18-5-3-6-20(15-18)19-11-13-28(14-12-19)25(29)22-8-4-7-21(16-22)23-9-1-2-10-24(23)26(30)31/h1-10,15-16,19,30-31H,11-14,17,27H2. The lowest BCUT2D eigenvalue weighted by molar-refractivity contribution is 0.0713. The van der Waals surface area contributed by atoms with Crippen LogP contribution in [0.1, 0.15) is 40.2 Å². The van der Waals surface area contributed by atoms with Crippen LogP contribution in [0.3, 0.4) is 0 Å². The summed E-state index contributed by atoms with van der Waals surface area (Å²) in [5.74, 6) is 0.456. The van der Waals surface area contributed by atoms with Crippen molar-refractivity contribution in [3.8, 4) is 11.1 Å². The fraction of sp³-hybridized carbons (Fsp3) is 0.240. The zero-order valence-corrected chi connectivity index (χ0v) is 17.4. The number of hydrogen-bond donors (Lipinski definition) is 3. The second kappa shape index (κ2) is 9.48. The Kier molecular flexibility index (Phi) is 6.51. The average molecular weight is 414 g/mol. The van der Waals surface area contributed by atoms with Crippen molar-refractivity contribution in [1.82, 2.24) is 4.90 Å². The molecule has 6 heteroatoms. The number of carbonyl (C=O) groups excluding carboxylic acids is 1. The summed E-state index contributed by atoms with van der Waals surface area (Å²) < 4.78 is 0. The highest BCUT2D eigenvalue weighted by atomic mass is 16.4. The molecule has 3 aromatic rings. The van der Waals surface area contributed by atoms with E-state index in [-0.39, 0.29) is 5.91 Å². The number of benzene rings is 3. The van der Waals surface area contributed by atoms with E-state index in [1.807, 2.05) is 47.4 Å². The summed E-state index contributed by atoms with van der Waals surface area (Å²) in [6.45, 7) is 1.97. The largest absolute Gasteiger partial charge is 0.489 e. The Morgan fingerprint density at radius 1 is 0.968 bits per heavy atom. The Hall–Kier alpha value is -2.93. The minimum atomic E-state index is -1.56. The summed E-state index contributed by atoms with van der Waals surface area (Å²) in [4.78, 5) is 15.1. The lowest BCUT2D eigenvalue weighted by Gasteiger charge is -2.32. The minimum absolute atomic E-state index is 0.0121. The third kappa shape index (κ3) is 4.72. The van der Waals surface area contributed by atoms with Gasteiger partial charge in [0, 0.05) is 25.2 Å². The van der Waals surface area contributed by atoms with Crippen molar-refractivity contribution in [1.29, 1.82) is 0 Å². The molecular formula is C25H27BN2O3. The summed E-state index contributed by atoms with van der Waals surface area (Å²) in [5.41, 5.74) is 10.8. The third-order valence-electron chi connectivity index (χ3n) is 6.10. The van der Waals surface area contributed by atoms with Crippen molar-refractivity contribution in [3.05, 3.63) is 89.5 Å². The van der Waals surface area contributed by atoms with Crippen LogP contribution in [0.5, 0.6) is 0 Å². The molecule has 0 saturated carbocycles. The summed E-state index contributed by atoms with van der Waals surface area (Å²) >= 11 is 0. The highest BCUT2D eigenvalue weighted by Crippen LogP contribution is 2.29. The molecule has 0 radical (unpaired) electrons. The number of nitrogens with zero attached hydrogens (tertiary/aromatic N) is 1.